The predicted molar refractivity (Wildman–Crippen MR) is 81.4 cm³/mol. The van der Waals surface area contributed by atoms with Gasteiger partial charge in [-0.1, -0.05) is 23.2 Å². The number of anilines is 1. The molecule has 0 aliphatic carbocycles. The van der Waals surface area contributed by atoms with Crippen LogP contribution in [0.15, 0.2) is 36.5 Å². The van der Waals surface area contributed by atoms with E-state index in [0.717, 1.165) is 3.57 Å². The molecule has 0 bridgehead atoms. The largest absolute Gasteiger partial charge is 0.322 e. The summed E-state index contributed by atoms with van der Waals surface area (Å²) in [5, 5.41) is 3.60. The SMILES string of the molecule is O=C(Nc1ccnc(Cl)c1)c1ccc(I)c(Cl)c1. The van der Waals surface area contributed by atoms with Gasteiger partial charge in [0, 0.05) is 21.0 Å². The molecule has 0 unspecified atom stereocenters. The summed E-state index contributed by atoms with van der Waals surface area (Å²) in [6.07, 6.45) is 1.53. The van der Waals surface area contributed by atoms with Gasteiger partial charge < -0.3 is 5.32 Å². The van der Waals surface area contributed by atoms with Gasteiger partial charge in [-0.05, 0) is 52.9 Å². The van der Waals surface area contributed by atoms with Gasteiger partial charge in [0.25, 0.3) is 5.91 Å². The van der Waals surface area contributed by atoms with Gasteiger partial charge in [-0.2, -0.15) is 0 Å². The molecule has 1 N–H and O–H groups in total. The molecule has 3 nitrogen and oxygen atoms in total. The summed E-state index contributed by atoms with van der Waals surface area (Å²) in [5.41, 5.74) is 1.09. The van der Waals surface area contributed by atoms with E-state index in [2.05, 4.69) is 32.9 Å². The van der Waals surface area contributed by atoms with Crippen molar-refractivity contribution in [3.8, 4) is 0 Å². The van der Waals surface area contributed by atoms with Gasteiger partial charge in [0.05, 0.1) is 5.02 Å². The number of halogens is 3. The highest BCUT2D eigenvalue weighted by molar-refractivity contribution is 14.1. The Kier molecular flexibility index (Phi) is 4.42. The van der Waals surface area contributed by atoms with Crippen LogP contribution >= 0.6 is 45.8 Å². The number of aromatic nitrogens is 1. The van der Waals surface area contributed by atoms with Gasteiger partial charge >= 0.3 is 0 Å². The Hall–Kier alpha value is -0.850. The Bertz CT molecular complexity index is 604. The molecule has 1 amide bonds. The molecule has 1 aromatic carbocycles. The molecule has 6 heteroatoms. The van der Waals surface area contributed by atoms with Crippen molar-refractivity contribution in [1.29, 1.82) is 0 Å². The molecule has 0 aliphatic heterocycles. The maximum absolute atomic E-state index is 12.0. The van der Waals surface area contributed by atoms with E-state index < -0.39 is 0 Å². The fraction of sp³-hybridized carbons (Fsp3) is 0. The minimum absolute atomic E-state index is 0.240. The minimum atomic E-state index is -0.240. The smallest absolute Gasteiger partial charge is 0.255 e. The summed E-state index contributed by atoms with van der Waals surface area (Å²) in [5.74, 6) is -0.240. The van der Waals surface area contributed by atoms with E-state index in [1.54, 1.807) is 30.3 Å². The van der Waals surface area contributed by atoms with Gasteiger partial charge in [-0.15, -0.1) is 0 Å². The van der Waals surface area contributed by atoms with Crippen LogP contribution in [0.1, 0.15) is 10.4 Å². The molecule has 1 aromatic heterocycles. The van der Waals surface area contributed by atoms with Crippen molar-refractivity contribution in [2.45, 2.75) is 0 Å². The molecular formula is C12H7Cl2IN2O. The maximum atomic E-state index is 12.0. The number of pyridine rings is 1. The second kappa shape index (κ2) is 5.86. The number of nitrogens with one attached hydrogen (secondary N) is 1. The first-order valence-electron chi connectivity index (χ1n) is 4.94. The van der Waals surface area contributed by atoms with Crippen LogP contribution in [-0.4, -0.2) is 10.9 Å². The zero-order valence-corrected chi connectivity index (χ0v) is 12.6. The molecule has 0 saturated carbocycles. The quantitative estimate of drug-likeness (QED) is 0.613. The van der Waals surface area contributed by atoms with Gasteiger partial charge in [-0.3, -0.25) is 4.79 Å². The van der Waals surface area contributed by atoms with Crippen molar-refractivity contribution in [3.63, 3.8) is 0 Å². The molecule has 2 rings (SSSR count). The molecule has 0 spiro atoms. The molecule has 92 valence electrons. The number of benzene rings is 1. The van der Waals surface area contributed by atoms with Crippen LogP contribution < -0.4 is 5.32 Å². The summed E-state index contributed by atoms with van der Waals surface area (Å²) in [6.45, 7) is 0. The predicted octanol–water partition coefficient (Wildman–Crippen LogP) is 4.25. The first kappa shape index (κ1) is 13.6. The van der Waals surface area contributed by atoms with Gasteiger partial charge in [0.1, 0.15) is 5.15 Å². The molecule has 2 aromatic rings. The second-order valence-corrected chi connectivity index (χ2v) is 5.41. The Morgan fingerprint density at radius 1 is 1.22 bits per heavy atom. The Morgan fingerprint density at radius 3 is 2.67 bits per heavy atom. The third-order valence-corrected chi connectivity index (χ3v) is 3.95. The van der Waals surface area contributed by atoms with E-state index >= 15 is 0 Å². The van der Waals surface area contributed by atoms with Crippen LogP contribution in [0, 0.1) is 3.57 Å². The topological polar surface area (TPSA) is 42.0 Å². The summed E-state index contributed by atoms with van der Waals surface area (Å²) in [6, 6.07) is 8.37. The molecular weight excluding hydrogens is 386 g/mol. The third-order valence-electron chi connectivity index (χ3n) is 2.17. The van der Waals surface area contributed by atoms with E-state index in [9.17, 15) is 4.79 Å². The summed E-state index contributed by atoms with van der Waals surface area (Å²) in [4.78, 5) is 15.8. The lowest BCUT2D eigenvalue weighted by Gasteiger charge is -2.06. The molecule has 18 heavy (non-hydrogen) atoms. The van der Waals surface area contributed by atoms with Gasteiger partial charge in [0.15, 0.2) is 0 Å². The molecule has 0 radical (unpaired) electrons. The van der Waals surface area contributed by atoms with Gasteiger partial charge in [-0.25, -0.2) is 4.98 Å². The Labute approximate surface area is 128 Å². The fourth-order valence-electron chi connectivity index (χ4n) is 1.32. The highest BCUT2D eigenvalue weighted by Crippen LogP contribution is 2.20. The monoisotopic (exact) mass is 392 g/mol. The van der Waals surface area contributed by atoms with Gasteiger partial charge in [0.2, 0.25) is 0 Å². The van der Waals surface area contributed by atoms with Crippen LogP contribution in [0.4, 0.5) is 5.69 Å². The average molecular weight is 393 g/mol. The fourth-order valence-corrected chi connectivity index (χ4v) is 2.01. The van der Waals surface area contributed by atoms with Crippen molar-refractivity contribution in [2.24, 2.45) is 0 Å². The van der Waals surface area contributed by atoms with Crippen LogP contribution in [0.2, 0.25) is 10.2 Å². The minimum Gasteiger partial charge on any atom is -0.322 e. The first-order chi connectivity index (χ1) is 8.56. The number of carbonyl (C=O) groups excluding carboxylic acids is 1. The first-order valence-corrected chi connectivity index (χ1v) is 6.77. The summed E-state index contributed by atoms with van der Waals surface area (Å²) < 4.78 is 0.901. The number of carbonyl (C=O) groups is 1. The molecule has 0 atom stereocenters. The lowest BCUT2D eigenvalue weighted by atomic mass is 10.2. The van der Waals surface area contributed by atoms with Crippen LogP contribution in [-0.2, 0) is 0 Å². The maximum Gasteiger partial charge on any atom is 0.255 e. The van der Waals surface area contributed by atoms with Crippen molar-refractivity contribution in [2.75, 3.05) is 5.32 Å². The van der Waals surface area contributed by atoms with Crippen LogP contribution in [0.25, 0.3) is 0 Å². The lowest BCUT2D eigenvalue weighted by Crippen LogP contribution is -2.11. The Balaban J connectivity index is 2.19. The molecule has 0 aliphatic rings. The normalized spacial score (nSPS) is 10.2. The highest BCUT2D eigenvalue weighted by atomic mass is 127. The van der Waals surface area contributed by atoms with Crippen LogP contribution in [0.5, 0.6) is 0 Å². The summed E-state index contributed by atoms with van der Waals surface area (Å²) in [7, 11) is 0. The van der Waals surface area contributed by atoms with Crippen molar-refractivity contribution in [1.82, 2.24) is 4.98 Å². The molecule has 0 saturated heterocycles. The second-order valence-electron chi connectivity index (χ2n) is 3.45. The zero-order chi connectivity index (χ0) is 13.1. The van der Waals surface area contributed by atoms with Crippen molar-refractivity contribution in [3.05, 3.63) is 55.8 Å². The lowest BCUT2D eigenvalue weighted by molar-refractivity contribution is 0.102. The van der Waals surface area contributed by atoms with E-state index in [1.165, 1.54) is 6.20 Å². The van der Waals surface area contributed by atoms with Crippen molar-refractivity contribution >= 4 is 57.4 Å². The zero-order valence-electron chi connectivity index (χ0n) is 8.95. The molecule has 1 heterocycles. The highest BCUT2D eigenvalue weighted by Gasteiger charge is 2.08. The number of amides is 1. The summed E-state index contributed by atoms with van der Waals surface area (Å²) >= 11 is 13.8. The van der Waals surface area contributed by atoms with E-state index in [-0.39, 0.29) is 5.91 Å². The van der Waals surface area contributed by atoms with E-state index in [1.807, 2.05) is 0 Å². The Morgan fingerprint density at radius 2 is 2.00 bits per heavy atom. The molecule has 0 fully saturated rings. The van der Waals surface area contributed by atoms with Crippen molar-refractivity contribution < 1.29 is 4.79 Å². The number of hydrogen-bond donors (Lipinski definition) is 1. The van der Waals surface area contributed by atoms with E-state index in [4.69, 9.17) is 23.2 Å². The van der Waals surface area contributed by atoms with Crippen LogP contribution in [0.3, 0.4) is 0 Å². The number of nitrogens with zero attached hydrogens (tertiary/aromatic N) is 1. The number of hydrogen-bond acceptors (Lipinski definition) is 2. The number of rotatable bonds is 2. The average Bonchev–Trinajstić information content (AvgIpc) is 2.32. The standard InChI is InChI=1S/C12H7Cl2IN2O/c13-9-5-7(1-2-10(9)15)12(18)17-8-3-4-16-11(14)6-8/h1-6H,(H,16,17,18). The third kappa shape index (κ3) is 3.34. The van der Waals surface area contributed by atoms with E-state index in [0.29, 0.717) is 21.4 Å².